The highest BCUT2D eigenvalue weighted by molar-refractivity contribution is 6.99. The van der Waals surface area contributed by atoms with Gasteiger partial charge in [-0.2, -0.15) is 4.37 Å². The molecule has 5 rings (SSSR count). The number of hydrogen-bond donors (Lipinski definition) is 0. The van der Waals surface area contributed by atoms with Crippen molar-refractivity contribution >= 4 is 22.6 Å². The Morgan fingerprint density at radius 2 is 2.10 bits per heavy atom. The van der Waals surface area contributed by atoms with Crippen molar-refractivity contribution in [3.8, 4) is 17.1 Å². The topological polar surface area (TPSA) is 77.2 Å². The van der Waals surface area contributed by atoms with Crippen molar-refractivity contribution < 1.29 is 13.7 Å². The second-order valence-electron chi connectivity index (χ2n) is 7.33. The lowest BCUT2D eigenvalue weighted by atomic mass is 9.92. The van der Waals surface area contributed by atoms with Crippen molar-refractivity contribution in [2.75, 3.05) is 26.2 Å². The minimum atomic E-state index is -0.292. The van der Waals surface area contributed by atoms with Crippen LogP contribution in [0.3, 0.4) is 0 Å². The molecule has 0 bridgehead atoms. The lowest BCUT2D eigenvalue weighted by molar-refractivity contribution is 0.164. The molecule has 0 unspecified atom stereocenters. The molecule has 9 heteroatoms. The number of ether oxygens (including phenoxy) is 1. The first-order valence-electron chi connectivity index (χ1n) is 9.91. The molecule has 4 heterocycles. The number of piperidine rings is 1. The third-order valence-electron chi connectivity index (χ3n) is 5.47. The first-order chi connectivity index (χ1) is 14.8. The summed E-state index contributed by atoms with van der Waals surface area (Å²) in [7, 11) is 0. The predicted molar refractivity (Wildman–Crippen MR) is 111 cm³/mol. The SMILES string of the molecule is Fc1ccc2c(C3CCN(CCOc4nsnc4-c4cccnc4)CC3)onc2c1. The Labute approximate surface area is 176 Å². The maximum absolute atomic E-state index is 13.4. The van der Waals surface area contributed by atoms with E-state index in [0.29, 0.717) is 23.9 Å². The monoisotopic (exact) mass is 425 g/mol. The largest absolute Gasteiger partial charge is 0.474 e. The van der Waals surface area contributed by atoms with Gasteiger partial charge in [0.25, 0.3) is 5.88 Å². The van der Waals surface area contributed by atoms with Crippen LogP contribution < -0.4 is 4.74 Å². The van der Waals surface area contributed by atoms with Gasteiger partial charge in [-0.25, -0.2) is 4.39 Å². The molecule has 1 aliphatic rings. The highest BCUT2D eigenvalue weighted by Gasteiger charge is 2.25. The predicted octanol–water partition coefficient (Wildman–Crippen LogP) is 4.14. The van der Waals surface area contributed by atoms with Crippen molar-refractivity contribution in [2.24, 2.45) is 0 Å². The average Bonchev–Trinajstić information content (AvgIpc) is 3.42. The van der Waals surface area contributed by atoms with Gasteiger partial charge in [0.1, 0.15) is 29.4 Å². The van der Waals surface area contributed by atoms with Crippen molar-refractivity contribution in [3.05, 3.63) is 54.3 Å². The Hall–Kier alpha value is -2.91. The third kappa shape index (κ3) is 3.90. The summed E-state index contributed by atoms with van der Waals surface area (Å²) in [5.41, 5.74) is 2.23. The van der Waals surface area contributed by atoms with Crippen molar-refractivity contribution in [3.63, 3.8) is 0 Å². The van der Waals surface area contributed by atoms with Gasteiger partial charge in [0.2, 0.25) is 0 Å². The van der Waals surface area contributed by atoms with Crippen LogP contribution in [0.5, 0.6) is 5.88 Å². The summed E-state index contributed by atoms with van der Waals surface area (Å²) < 4.78 is 33.4. The molecule has 1 fully saturated rings. The summed E-state index contributed by atoms with van der Waals surface area (Å²) in [6, 6.07) is 8.46. The van der Waals surface area contributed by atoms with E-state index in [4.69, 9.17) is 9.26 Å². The summed E-state index contributed by atoms with van der Waals surface area (Å²) in [5.74, 6) is 1.44. The van der Waals surface area contributed by atoms with E-state index >= 15 is 0 Å². The van der Waals surface area contributed by atoms with Gasteiger partial charge in [-0.1, -0.05) is 5.16 Å². The molecule has 1 aliphatic heterocycles. The van der Waals surface area contributed by atoms with Crippen LogP contribution in [0.25, 0.3) is 22.2 Å². The fourth-order valence-electron chi connectivity index (χ4n) is 3.88. The number of benzene rings is 1. The Kier molecular flexibility index (Phi) is 5.37. The van der Waals surface area contributed by atoms with E-state index in [1.165, 1.54) is 12.1 Å². The second kappa shape index (κ2) is 8.45. The Morgan fingerprint density at radius 1 is 1.20 bits per heavy atom. The van der Waals surface area contributed by atoms with E-state index in [1.807, 2.05) is 12.1 Å². The number of rotatable bonds is 6. The van der Waals surface area contributed by atoms with E-state index < -0.39 is 0 Å². The van der Waals surface area contributed by atoms with E-state index in [2.05, 4.69) is 23.8 Å². The summed E-state index contributed by atoms with van der Waals surface area (Å²) in [6.45, 7) is 3.26. The van der Waals surface area contributed by atoms with Gasteiger partial charge < -0.3 is 9.26 Å². The fourth-order valence-corrected chi connectivity index (χ4v) is 4.39. The van der Waals surface area contributed by atoms with Crippen molar-refractivity contribution in [1.29, 1.82) is 0 Å². The standard InChI is InChI=1S/C21H20FN5O2S/c22-16-3-4-17-18(12-16)24-29-20(17)14-5-8-27(9-6-14)10-11-28-21-19(25-30-26-21)15-2-1-7-23-13-15/h1-4,7,12-14H,5-6,8-11H2. The number of hydrogen-bond acceptors (Lipinski definition) is 8. The zero-order valence-electron chi connectivity index (χ0n) is 16.2. The first-order valence-corrected chi connectivity index (χ1v) is 10.6. The number of nitrogens with zero attached hydrogens (tertiary/aromatic N) is 5. The Morgan fingerprint density at radius 3 is 2.93 bits per heavy atom. The van der Waals surface area contributed by atoms with Gasteiger partial charge in [0.05, 0.1) is 11.7 Å². The van der Waals surface area contributed by atoms with Crippen molar-refractivity contribution in [2.45, 2.75) is 18.8 Å². The molecular formula is C21H20FN5O2S. The van der Waals surface area contributed by atoms with Crippen LogP contribution in [0.1, 0.15) is 24.5 Å². The summed E-state index contributed by atoms with van der Waals surface area (Å²) in [4.78, 5) is 6.50. The molecule has 0 radical (unpaired) electrons. The maximum atomic E-state index is 13.4. The molecular weight excluding hydrogens is 405 g/mol. The van der Waals surface area contributed by atoms with Gasteiger partial charge in [0, 0.05) is 41.9 Å². The minimum absolute atomic E-state index is 0.292. The van der Waals surface area contributed by atoms with Crippen LogP contribution in [0.15, 0.2) is 47.2 Å². The van der Waals surface area contributed by atoms with Gasteiger partial charge in [-0.3, -0.25) is 9.88 Å². The molecule has 1 saturated heterocycles. The van der Waals surface area contributed by atoms with E-state index in [0.717, 1.165) is 66.6 Å². The molecule has 0 atom stereocenters. The van der Waals surface area contributed by atoms with E-state index in [-0.39, 0.29) is 5.82 Å². The quantitative estimate of drug-likeness (QED) is 0.459. The lowest BCUT2D eigenvalue weighted by Gasteiger charge is -2.30. The van der Waals surface area contributed by atoms with E-state index in [9.17, 15) is 4.39 Å². The maximum Gasteiger partial charge on any atom is 0.254 e. The third-order valence-corrected chi connectivity index (χ3v) is 5.98. The van der Waals surface area contributed by atoms with Crippen LogP contribution in [0.2, 0.25) is 0 Å². The number of fused-ring (bicyclic) bond motifs is 1. The summed E-state index contributed by atoms with van der Waals surface area (Å²) in [6.07, 6.45) is 5.44. The normalized spacial score (nSPS) is 15.6. The zero-order chi connectivity index (χ0) is 20.3. The van der Waals surface area contributed by atoms with Crippen LogP contribution >= 0.6 is 11.7 Å². The summed E-state index contributed by atoms with van der Waals surface area (Å²) in [5, 5.41) is 4.93. The van der Waals surface area contributed by atoms with Crippen LogP contribution in [0.4, 0.5) is 4.39 Å². The number of likely N-dealkylation sites (tertiary alicyclic amines) is 1. The molecule has 4 aromatic rings. The molecule has 154 valence electrons. The second-order valence-corrected chi connectivity index (χ2v) is 7.86. The highest BCUT2D eigenvalue weighted by Crippen LogP contribution is 2.33. The van der Waals surface area contributed by atoms with Crippen LogP contribution in [-0.2, 0) is 0 Å². The van der Waals surface area contributed by atoms with Gasteiger partial charge in [-0.05, 0) is 50.2 Å². The first kappa shape index (κ1) is 19.1. The van der Waals surface area contributed by atoms with Crippen LogP contribution in [0, 0.1) is 5.82 Å². The molecule has 3 aromatic heterocycles. The smallest absolute Gasteiger partial charge is 0.254 e. The summed E-state index contributed by atoms with van der Waals surface area (Å²) >= 11 is 1.14. The molecule has 7 nitrogen and oxygen atoms in total. The average molecular weight is 425 g/mol. The number of pyridine rings is 1. The molecule has 0 saturated carbocycles. The van der Waals surface area contributed by atoms with E-state index in [1.54, 1.807) is 18.5 Å². The molecule has 30 heavy (non-hydrogen) atoms. The molecule has 0 aliphatic carbocycles. The minimum Gasteiger partial charge on any atom is -0.474 e. The molecule has 1 aromatic carbocycles. The van der Waals surface area contributed by atoms with Crippen molar-refractivity contribution in [1.82, 2.24) is 23.8 Å². The van der Waals surface area contributed by atoms with Gasteiger partial charge >= 0.3 is 0 Å². The Bertz CT molecular complexity index is 1120. The Balaban J connectivity index is 1.15. The zero-order valence-corrected chi connectivity index (χ0v) is 17.0. The van der Waals surface area contributed by atoms with Crippen LogP contribution in [-0.4, -0.2) is 50.0 Å². The van der Waals surface area contributed by atoms with Gasteiger partial charge in [-0.15, -0.1) is 4.37 Å². The fraction of sp³-hybridized carbons (Fsp3) is 0.333. The molecule has 0 N–H and O–H groups in total. The molecule has 0 amide bonds. The number of halogens is 1. The highest BCUT2D eigenvalue weighted by atomic mass is 32.1. The molecule has 0 spiro atoms. The van der Waals surface area contributed by atoms with Gasteiger partial charge in [0.15, 0.2) is 0 Å². The lowest BCUT2D eigenvalue weighted by Crippen LogP contribution is -2.35. The number of aromatic nitrogens is 4.